The van der Waals surface area contributed by atoms with Gasteiger partial charge in [-0.2, -0.15) is 4.98 Å². The van der Waals surface area contributed by atoms with Gasteiger partial charge in [-0.25, -0.2) is 4.98 Å². The third-order valence-electron chi connectivity index (χ3n) is 2.92. The second kappa shape index (κ2) is 7.80. The lowest BCUT2D eigenvalue weighted by Crippen LogP contribution is -2.09. The maximum atomic E-state index is 11.5. The van der Waals surface area contributed by atoms with E-state index in [1.807, 2.05) is 18.2 Å². The van der Waals surface area contributed by atoms with Gasteiger partial charge >= 0.3 is 0 Å². The number of hydrogen-bond donors (Lipinski definition) is 3. The molecular weight excluding hydrogens is 316 g/mol. The number of nitrogen functional groups attached to an aromatic ring is 1. The van der Waals surface area contributed by atoms with Crippen LogP contribution in [0.25, 0.3) is 0 Å². The Balaban J connectivity index is 2.32. The van der Waals surface area contributed by atoms with Crippen LogP contribution in [0.5, 0.6) is 5.88 Å². The molecule has 0 aliphatic rings. The summed E-state index contributed by atoms with van der Waals surface area (Å²) in [6, 6.07) is 7.34. The van der Waals surface area contributed by atoms with Gasteiger partial charge in [0.25, 0.3) is 0 Å². The predicted octanol–water partition coefficient (Wildman–Crippen LogP) is 2.06. The number of carbonyl (C=O) groups is 1. The third kappa shape index (κ3) is 4.33. The summed E-state index contributed by atoms with van der Waals surface area (Å²) in [4.78, 5) is 21.0. The summed E-state index contributed by atoms with van der Waals surface area (Å²) in [6.07, 6.45) is 0.408. The minimum atomic E-state index is -0.280. The molecule has 0 radical (unpaired) electrons. The van der Waals surface area contributed by atoms with Crippen molar-refractivity contribution >= 4 is 29.3 Å². The highest BCUT2D eigenvalue weighted by Gasteiger charge is 2.15. The average Bonchev–Trinajstić information content (AvgIpc) is 2.56. The van der Waals surface area contributed by atoms with Crippen LogP contribution in [-0.2, 0) is 11.4 Å². The number of ether oxygens (including phenoxy) is 1. The fourth-order valence-electron chi connectivity index (χ4n) is 1.84. The van der Waals surface area contributed by atoms with E-state index in [0.717, 1.165) is 4.90 Å². The number of nitrogens with two attached hydrogens (primary N) is 1. The van der Waals surface area contributed by atoms with Crippen molar-refractivity contribution < 1.29 is 14.6 Å². The van der Waals surface area contributed by atoms with Crippen molar-refractivity contribution in [3.8, 4) is 5.88 Å². The SMILES string of the molecule is CCC(=O)Nc1cccc(Sc2c(CO)nc(N)nc2OC)c1. The molecule has 23 heavy (non-hydrogen) atoms. The number of aliphatic hydroxyl groups is 1. The molecule has 1 aromatic heterocycles. The minimum Gasteiger partial charge on any atom is -0.480 e. The highest BCUT2D eigenvalue weighted by atomic mass is 32.2. The van der Waals surface area contributed by atoms with Crippen molar-refractivity contribution in [2.75, 3.05) is 18.2 Å². The normalized spacial score (nSPS) is 10.4. The number of amides is 1. The molecule has 2 rings (SSSR count). The highest BCUT2D eigenvalue weighted by Crippen LogP contribution is 2.37. The lowest BCUT2D eigenvalue weighted by Gasteiger charge is -2.12. The van der Waals surface area contributed by atoms with Crippen LogP contribution >= 0.6 is 11.8 Å². The average molecular weight is 334 g/mol. The molecule has 0 unspecified atom stereocenters. The molecule has 0 fully saturated rings. The molecule has 7 nitrogen and oxygen atoms in total. The number of methoxy groups -OCH3 is 1. The number of hydrogen-bond acceptors (Lipinski definition) is 7. The first kappa shape index (κ1) is 17.0. The van der Waals surface area contributed by atoms with Gasteiger partial charge in [0.2, 0.25) is 17.7 Å². The van der Waals surface area contributed by atoms with E-state index in [9.17, 15) is 9.90 Å². The number of anilines is 2. The largest absolute Gasteiger partial charge is 0.480 e. The zero-order valence-electron chi connectivity index (χ0n) is 12.9. The van der Waals surface area contributed by atoms with E-state index in [2.05, 4.69) is 15.3 Å². The molecule has 2 aromatic rings. The first-order chi connectivity index (χ1) is 11.1. The number of nitrogens with one attached hydrogen (secondary N) is 1. The Morgan fingerprint density at radius 3 is 2.87 bits per heavy atom. The van der Waals surface area contributed by atoms with Crippen LogP contribution in [0.4, 0.5) is 11.6 Å². The second-order valence-electron chi connectivity index (χ2n) is 4.56. The van der Waals surface area contributed by atoms with Crippen LogP contribution in [0, 0.1) is 0 Å². The Bertz CT molecular complexity index is 684. The molecule has 0 saturated carbocycles. The Hall–Kier alpha value is -2.32. The summed E-state index contributed by atoms with van der Waals surface area (Å²) in [5.41, 5.74) is 6.69. The molecule has 8 heteroatoms. The zero-order valence-corrected chi connectivity index (χ0v) is 13.7. The molecule has 0 spiro atoms. The monoisotopic (exact) mass is 334 g/mol. The standard InChI is InChI=1S/C15H18N4O3S/c1-3-12(21)17-9-5-4-6-10(7-9)23-13-11(8-20)18-15(16)19-14(13)22-2/h4-7,20H,3,8H2,1-2H3,(H,17,21)(H2,16,18,19). The van der Waals surface area contributed by atoms with Crippen molar-refractivity contribution in [1.82, 2.24) is 9.97 Å². The molecule has 4 N–H and O–H groups in total. The van der Waals surface area contributed by atoms with Gasteiger partial charge in [0.15, 0.2) is 0 Å². The Labute approximate surface area is 138 Å². The number of carbonyl (C=O) groups excluding carboxylic acids is 1. The van der Waals surface area contributed by atoms with E-state index in [1.165, 1.54) is 18.9 Å². The Kier molecular flexibility index (Phi) is 5.78. The number of aromatic nitrogens is 2. The Morgan fingerprint density at radius 1 is 1.43 bits per heavy atom. The molecule has 0 atom stereocenters. The number of benzene rings is 1. The van der Waals surface area contributed by atoms with Crippen LogP contribution in [0.3, 0.4) is 0 Å². The van der Waals surface area contributed by atoms with Gasteiger partial charge < -0.3 is 20.9 Å². The van der Waals surface area contributed by atoms with Crippen molar-refractivity contribution in [2.45, 2.75) is 29.7 Å². The van der Waals surface area contributed by atoms with Crippen molar-refractivity contribution in [3.05, 3.63) is 30.0 Å². The molecule has 1 amide bonds. The van der Waals surface area contributed by atoms with E-state index >= 15 is 0 Å². The molecule has 1 heterocycles. The molecule has 1 aromatic carbocycles. The number of aliphatic hydroxyl groups excluding tert-OH is 1. The maximum absolute atomic E-state index is 11.5. The first-order valence-corrected chi connectivity index (χ1v) is 7.78. The number of nitrogens with zero attached hydrogens (tertiary/aromatic N) is 2. The van der Waals surface area contributed by atoms with Gasteiger partial charge in [0, 0.05) is 17.0 Å². The summed E-state index contributed by atoms with van der Waals surface area (Å²) in [5.74, 6) is 0.283. The summed E-state index contributed by atoms with van der Waals surface area (Å²) < 4.78 is 5.22. The molecule has 0 aliphatic heterocycles. The molecule has 0 bridgehead atoms. The van der Waals surface area contributed by atoms with Gasteiger partial charge in [-0.3, -0.25) is 4.79 Å². The van der Waals surface area contributed by atoms with Gasteiger partial charge in [0.1, 0.15) is 0 Å². The van der Waals surface area contributed by atoms with Crippen LogP contribution in [0.1, 0.15) is 19.0 Å². The summed E-state index contributed by atoms with van der Waals surface area (Å²) in [7, 11) is 1.48. The fourth-order valence-corrected chi connectivity index (χ4v) is 2.86. The van der Waals surface area contributed by atoms with Gasteiger partial charge in [-0.15, -0.1) is 0 Å². The smallest absolute Gasteiger partial charge is 0.232 e. The minimum absolute atomic E-state index is 0.0409. The van der Waals surface area contributed by atoms with Crippen LogP contribution < -0.4 is 15.8 Å². The van der Waals surface area contributed by atoms with E-state index in [4.69, 9.17) is 10.5 Å². The molecule has 0 aliphatic carbocycles. The van der Waals surface area contributed by atoms with Crippen molar-refractivity contribution in [3.63, 3.8) is 0 Å². The van der Waals surface area contributed by atoms with Gasteiger partial charge in [0.05, 0.1) is 24.3 Å². The lowest BCUT2D eigenvalue weighted by molar-refractivity contribution is -0.115. The van der Waals surface area contributed by atoms with E-state index in [0.29, 0.717) is 28.6 Å². The molecular formula is C15H18N4O3S. The van der Waals surface area contributed by atoms with E-state index in [1.54, 1.807) is 13.0 Å². The van der Waals surface area contributed by atoms with Crippen LogP contribution in [-0.4, -0.2) is 28.1 Å². The van der Waals surface area contributed by atoms with Gasteiger partial charge in [-0.1, -0.05) is 24.8 Å². The van der Waals surface area contributed by atoms with E-state index in [-0.39, 0.29) is 18.5 Å². The van der Waals surface area contributed by atoms with Crippen molar-refractivity contribution in [1.29, 1.82) is 0 Å². The van der Waals surface area contributed by atoms with Crippen molar-refractivity contribution in [2.24, 2.45) is 0 Å². The third-order valence-corrected chi connectivity index (χ3v) is 4.03. The van der Waals surface area contributed by atoms with Gasteiger partial charge in [-0.05, 0) is 18.2 Å². The van der Waals surface area contributed by atoms with Crippen LogP contribution in [0.2, 0.25) is 0 Å². The molecule has 0 saturated heterocycles. The number of rotatable bonds is 6. The summed E-state index contributed by atoms with van der Waals surface area (Å²) in [6.45, 7) is 1.51. The fraction of sp³-hybridized carbons (Fsp3) is 0.267. The second-order valence-corrected chi connectivity index (χ2v) is 5.64. The maximum Gasteiger partial charge on any atom is 0.232 e. The summed E-state index contributed by atoms with van der Waals surface area (Å²) in [5, 5.41) is 12.3. The first-order valence-electron chi connectivity index (χ1n) is 6.96. The Morgan fingerprint density at radius 2 is 2.22 bits per heavy atom. The topological polar surface area (TPSA) is 110 Å². The summed E-state index contributed by atoms with van der Waals surface area (Å²) >= 11 is 1.33. The molecule has 122 valence electrons. The van der Waals surface area contributed by atoms with E-state index < -0.39 is 0 Å². The van der Waals surface area contributed by atoms with Crippen LogP contribution in [0.15, 0.2) is 34.1 Å². The quantitative estimate of drug-likeness (QED) is 0.741. The predicted molar refractivity (Wildman–Crippen MR) is 88.4 cm³/mol. The lowest BCUT2D eigenvalue weighted by atomic mass is 10.3. The highest BCUT2D eigenvalue weighted by molar-refractivity contribution is 7.99. The zero-order chi connectivity index (χ0) is 16.8.